The molecule has 0 bridgehead atoms. The van der Waals surface area contributed by atoms with E-state index < -0.39 is 0 Å². The normalized spacial score (nSPS) is 17.3. The lowest BCUT2D eigenvalue weighted by Gasteiger charge is -2.22. The summed E-state index contributed by atoms with van der Waals surface area (Å²) in [6.45, 7) is 2.83. The molecule has 1 atom stereocenters. The van der Waals surface area contributed by atoms with E-state index in [9.17, 15) is 0 Å². The molecule has 1 aliphatic rings. The van der Waals surface area contributed by atoms with Crippen molar-refractivity contribution in [2.75, 3.05) is 13.1 Å². The Morgan fingerprint density at radius 3 is 2.64 bits per heavy atom. The van der Waals surface area contributed by atoms with E-state index in [1.165, 1.54) is 16.0 Å². The number of nitrogens with zero attached hydrogens (tertiary/aromatic N) is 2. The molecule has 25 heavy (non-hydrogen) atoms. The van der Waals surface area contributed by atoms with Gasteiger partial charge in [0.25, 0.3) is 5.89 Å². The van der Waals surface area contributed by atoms with Gasteiger partial charge in [-0.05, 0) is 29.3 Å². The molecule has 5 heteroatoms. The molecule has 0 fully saturated rings. The summed E-state index contributed by atoms with van der Waals surface area (Å²) in [6.07, 6.45) is 3.41. The molecular formula is C20H19BrN3O+. The maximum Gasteiger partial charge on any atom is 0.282 e. The van der Waals surface area contributed by atoms with E-state index in [1.807, 2.05) is 24.3 Å². The van der Waals surface area contributed by atoms with Gasteiger partial charge < -0.3 is 9.42 Å². The van der Waals surface area contributed by atoms with Crippen LogP contribution in [0.1, 0.15) is 17.9 Å². The van der Waals surface area contributed by atoms with E-state index in [4.69, 9.17) is 4.52 Å². The average Bonchev–Trinajstić information content (AvgIpc) is 3.12. The fourth-order valence-electron chi connectivity index (χ4n) is 3.14. The summed E-state index contributed by atoms with van der Waals surface area (Å²) in [5, 5.41) is 4.12. The molecule has 4 rings (SSSR count). The van der Waals surface area contributed by atoms with Crippen molar-refractivity contribution < 1.29 is 9.42 Å². The van der Waals surface area contributed by atoms with Crippen LogP contribution >= 0.6 is 15.9 Å². The van der Waals surface area contributed by atoms with E-state index in [0.29, 0.717) is 11.7 Å². The van der Waals surface area contributed by atoms with Gasteiger partial charge in [-0.15, -0.1) is 0 Å². The number of rotatable bonds is 4. The van der Waals surface area contributed by atoms with Crippen molar-refractivity contribution in [3.05, 3.63) is 76.6 Å². The van der Waals surface area contributed by atoms with Gasteiger partial charge in [-0.3, -0.25) is 0 Å². The molecule has 0 aliphatic carbocycles. The molecule has 0 spiro atoms. The molecule has 126 valence electrons. The molecule has 2 aromatic carbocycles. The lowest BCUT2D eigenvalue weighted by atomic mass is 10.00. The highest BCUT2D eigenvalue weighted by atomic mass is 79.9. The number of hydrogen-bond acceptors (Lipinski definition) is 3. The largest absolute Gasteiger partial charge is 0.333 e. The van der Waals surface area contributed by atoms with Crippen LogP contribution in [-0.4, -0.2) is 23.2 Å². The van der Waals surface area contributed by atoms with Crippen LogP contribution in [0.4, 0.5) is 0 Å². The third kappa shape index (κ3) is 3.89. The van der Waals surface area contributed by atoms with Crippen LogP contribution in [0.15, 0.2) is 69.7 Å². The zero-order valence-corrected chi connectivity index (χ0v) is 15.4. The van der Waals surface area contributed by atoms with Crippen LogP contribution in [0.25, 0.3) is 17.0 Å². The fourth-order valence-corrected chi connectivity index (χ4v) is 3.54. The van der Waals surface area contributed by atoms with Gasteiger partial charge in [-0.2, -0.15) is 4.98 Å². The Balaban J connectivity index is 1.42. The zero-order chi connectivity index (χ0) is 17.1. The van der Waals surface area contributed by atoms with Crippen LogP contribution in [0.5, 0.6) is 0 Å². The standard InChI is InChI=1S/C20H18BrN3O/c21-18-8-4-7-17(13-18)20-22-19(25-23-20)14-24-11-9-16(10-12-24)15-5-2-1-3-6-15/h1-9,13H,10-12,14H2/p+1. The zero-order valence-electron chi connectivity index (χ0n) is 13.8. The average molecular weight is 397 g/mol. The Morgan fingerprint density at radius 1 is 1.04 bits per heavy atom. The summed E-state index contributed by atoms with van der Waals surface area (Å²) < 4.78 is 6.47. The minimum atomic E-state index is 0.647. The second-order valence-electron chi connectivity index (χ2n) is 6.25. The van der Waals surface area contributed by atoms with Crippen molar-refractivity contribution in [3.63, 3.8) is 0 Å². The van der Waals surface area contributed by atoms with Crippen LogP contribution in [-0.2, 0) is 6.54 Å². The number of hydrogen-bond donors (Lipinski definition) is 1. The third-order valence-electron chi connectivity index (χ3n) is 4.48. The fraction of sp³-hybridized carbons (Fsp3) is 0.200. The molecule has 4 nitrogen and oxygen atoms in total. The second-order valence-corrected chi connectivity index (χ2v) is 7.16. The van der Waals surface area contributed by atoms with E-state index in [1.54, 1.807) is 0 Å². The third-order valence-corrected chi connectivity index (χ3v) is 4.97. The Kier molecular flexibility index (Phi) is 4.76. The lowest BCUT2D eigenvalue weighted by molar-refractivity contribution is -0.910. The summed E-state index contributed by atoms with van der Waals surface area (Å²) in [6, 6.07) is 18.6. The first-order valence-electron chi connectivity index (χ1n) is 8.44. The number of halogens is 1. The van der Waals surface area contributed by atoms with Crippen molar-refractivity contribution >= 4 is 21.5 Å². The molecule has 3 aromatic rings. The quantitative estimate of drug-likeness (QED) is 0.734. The molecule has 1 aromatic heterocycles. The van der Waals surface area contributed by atoms with Gasteiger partial charge in [0.05, 0.1) is 13.1 Å². The van der Waals surface area contributed by atoms with Gasteiger partial charge in [-0.25, -0.2) is 0 Å². The van der Waals surface area contributed by atoms with Gasteiger partial charge in [0.1, 0.15) is 0 Å². The van der Waals surface area contributed by atoms with E-state index >= 15 is 0 Å². The molecule has 0 amide bonds. The lowest BCUT2D eigenvalue weighted by Crippen LogP contribution is -3.11. The summed E-state index contributed by atoms with van der Waals surface area (Å²) in [5.41, 5.74) is 3.73. The topological polar surface area (TPSA) is 43.4 Å². The van der Waals surface area contributed by atoms with Crippen molar-refractivity contribution in [1.82, 2.24) is 10.1 Å². The molecule has 1 aliphatic heterocycles. The Bertz CT molecular complexity index is 889. The van der Waals surface area contributed by atoms with Crippen molar-refractivity contribution in [3.8, 4) is 11.4 Å². The smallest absolute Gasteiger partial charge is 0.282 e. The number of nitrogens with one attached hydrogen (secondary N) is 1. The van der Waals surface area contributed by atoms with Gasteiger partial charge in [0, 0.05) is 16.5 Å². The monoisotopic (exact) mass is 396 g/mol. The first-order chi connectivity index (χ1) is 12.3. The predicted molar refractivity (Wildman–Crippen MR) is 101 cm³/mol. The summed E-state index contributed by atoms with van der Waals surface area (Å²) in [5.74, 6) is 1.34. The molecule has 1 unspecified atom stereocenters. The summed E-state index contributed by atoms with van der Waals surface area (Å²) in [4.78, 5) is 6.00. The summed E-state index contributed by atoms with van der Waals surface area (Å²) in [7, 11) is 0. The second kappa shape index (κ2) is 7.33. The van der Waals surface area contributed by atoms with E-state index in [-0.39, 0.29) is 0 Å². The van der Waals surface area contributed by atoms with Crippen LogP contribution in [0, 0.1) is 0 Å². The van der Waals surface area contributed by atoms with Crippen LogP contribution in [0.2, 0.25) is 0 Å². The highest BCUT2D eigenvalue weighted by molar-refractivity contribution is 9.10. The van der Waals surface area contributed by atoms with Gasteiger partial charge in [0.2, 0.25) is 5.82 Å². The number of quaternary nitrogens is 1. The molecule has 2 heterocycles. The summed E-state index contributed by atoms with van der Waals surface area (Å²) >= 11 is 3.47. The van der Waals surface area contributed by atoms with Crippen molar-refractivity contribution in [2.45, 2.75) is 13.0 Å². The van der Waals surface area contributed by atoms with Gasteiger partial charge in [-0.1, -0.05) is 63.6 Å². The predicted octanol–water partition coefficient (Wildman–Crippen LogP) is 3.37. The molecule has 1 N–H and O–H groups in total. The highest BCUT2D eigenvalue weighted by Crippen LogP contribution is 2.20. The number of aromatic nitrogens is 2. The Labute approximate surface area is 155 Å². The van der Waals surface area contributed by atoms with Gasteiger partial charge in [0.15, 0.2) is 6.54 Å². The van der Waals surface area contributed by atoms with Crippen molar-refractivity contribution in [1.29, 1.82) is 0 Å². The van der Waals surface area contributed by atoms with E-state index in [0.717, 1.165) is 36.1 Å². The van der Waals surface area contributed by atoms with Crippen LogP contribution < -0.4 is 4.90 Å². The highest BCUT2D eigenvalue weighted by Gasteiger charge is 2.19. The van der Waals surface area contributed by atoms with Crippen LogP contribution in [0.3, 0.4) is 0 Å². The molecular weight excluding hydrogens is 378 g/mol. The van der Waals surface area contributed by atoms with Crippen molar-refractivity contribution in [2.24, 2.45) is 0 Å². The molecule has 0 saturated heterocycles. The Morgan fingerprint density at radius 2 is 1.88 bits per heavy atom. The maximum atomic E-state index is 5.46. The first kappa shape index (κ1) is 16.2. The molecule has 0 saturated carbocycles. The minimum absolute atomic E-state index is 0.647. The first-order valence-corrected chi connectivity index (χ1v) is 9.24. The number of benzene rings is 2. The molecule has 0 radical (unpaired) electrons. The van der Waals surface area contributed by atoms with E-state index in [2.05, 4.69) is 62.5 Å². The maximum absolute atomic E-state index is 5.46. The SMILES string of the molecule is Brc1cccc(-c2noc(C[NH+]3CC=C(c4ccccc4)CC3)n2)c1. The van der Waals surface area contributed by atoms with Gasteiger partial charge >= 0.3 is 0 Å². The minimum Gasteiger partial charge on any atom is -0.333 e. The Hall–Kier alpha value is -2.24.